The maximum Gasteiger partial charge on any atom is 0.325 e. The highest BCUT2D eigenvalue weighted by atomic mass is 79.9. The molecule has 3 aromatic rings. The summed E-state index contributed by atoms with van der Waals surface area (Å²) < 4.78 is 6.66. The second kappa shape index (κ2) is 7.01. The molecule has 0 bridgehead atoms. The van der Waals surface area contributed by atoms with Crippen LogP contribution in [0.25, 0.3) is 22.6 Å². The van der Waals surface area contributed by atoms with Crippen molar-refractivity contribution in [2.75, 3.05) is 0 Å². The fourth-order valence-electron chi connectivity index (χ4n) is 2.16. The van der Waals surface area contributed by atoms with Crippen LogP contribution in [-0.4, -0.2) is 16.1 Å². The van der Waals surface area contributed by atoms with Crippen molar-refractivity contribution in [2.45, 2.75) is 5.25 Å². The Balaban J connectivity index is 2.16. The van der Waals surface area contributed by atoms with Gasteiger partial charge in [-0.25, -0.2) is 4.98 Å². The molecule has 0 spiro atoms. The Morgan fingerprint density at radius 3 is 2.29 bits per heavy atom. The lowest BCUT2D eigenvalue weighted by atomic mass is 10.1. The van der Waals surface area contributed by atoms with Crippen LogP contribution in [0.2, 0.25) is 5.02 Å². The number of carboxylic acids is 1. The fourth-order valence-corrected chi connectivity index (χ4v) is 2.66. The number of carboxylic acid groups (broad SMARTS) is 1. The van der Waals surface area contributed by atoms with Gasteiger partial charge in [-0.3, -0.25) is 4.79 Å². The Kier molecular flexibility index (Phi) is 4.99. The average Bonchev–Trinajstić information content (AvgIpc) is 3.00. The van der Waals surface area contributed by atoms with Gasteiger partial charge in [0.1, 0.15) is 5.69 Å². The van der Waals surface area contributed by atoms with Crippen molar-refractivity contribution in [1.82, 2.24) is 4.98 Å². The van der Waals surface area contributed by atoms with Crippen molar-refractivity contribution in [3.05, 3.63) is 63.9 Å². The standard InChI is InChI=1S/C17H11BrClNO3S/c18-11-5-1-9(2-6-11)13-14(10-3-7-12(19)8-4-10)23-16(20-13)15(24)17(21)22/h1-8,15,24H,(H,21,22). The number of rotatable bonds is 4. The second-order valence-electron chi connectivity index (χ2n) is 4.98. The van der Waals surface area contributed by atoms with E-state index in [0.29, 0.717) is 16.5 Å². The van der Waals surface area contributed by atoms with Crippen molar-refractivity contribution in [3.8, 4) is 22.6 Å². The molecule has 0 aliphatic carbocycles. The van der Waals surface area contributed by atoms with Crippen molar-refractivity contribution in [1.29, 1.82) is 0 Å². The van der Waals surface area contributed by atoms with Gasteiger partial charge in [-0.05, 0) is 36.4 Å². The van der Waals surface area contributed by atoms with E-state index in [4.69, 9.17) is 21.1 Å². The normalized spacial score (nSPS) is 12.1. The number of carbonyl (C=O) groups is 1. The molecule has 4 nitrogen and oxygen atoms in total. The van der Waals surface area contributed by atoms with Crippen LogP contribution >= 0.6 is 40.2 Å². The molecule has 7 heteroatoms. The Bertz CT molecular complexity index is 815. The summed E-state index contributed by atoms with van der Waals surface area (Å²) in [5.74, 6) is -0.609. The monoisotopic (exact) mass is 423 g/mol. The number of aliphatic carboxylic acids is 1. The van der Waals surface area contributed by atoms with Crippen molar-refractivity contribution < 1.29 is 14.3 Å². The zero-order chi connectivity index (χ0) is 17.3. The van der Waals surface area contributed by atoms with E-state index in [0.717, 1.165) is 15.6 Å². The van der Waals surface area contributed by atoms with E-state index in [2.05, 4.69) is 33.5 Å². The van der Waals surface area contributed by atoms with Crippen LogP contribution in [0.1, 0.15) is 11.1 Å². The first-order chi connectivity index (χ1) is 11.5. The molecule has 1 heterocycles. The van der Waals surface area contributed by atoms with E-state index < -0.39 is 11.2 Å². The van der Waals surface area contributed by atoms with Crippen LogP contribution in [0.5, 0.6) is 0 Å². The third kappa shape index (κ3) is 3.50. The Morgan fingerprint density at radius 2 is 1.71 bits per heavy atom. The third-order valence-corrected chi connectivity index (χ3v) is 4.56. The van der Waals surface area contributed by atoms with Gasteiger partial charge in [0.05, 0.1) is 0 Å². The minimum absolute atomic E-state index is 0.0358. The van der Waals surface area contributed by atoms with Gasteiger partial charge in [0, 0.05) is 20.6 Å². The number of hydrogen-bond acceptors (Lipinski definition) is 4. The number of aromatic nitrogens is 1. The topological polar surface area (TPSA) is 63.3 Å². The Labute approximate surface area is 157 Å². The molecule has 0 saturated heterocycles. The molecule has 3 rings (SSSR count). The highest BCUT2D eigenvalue weighted by molar-refractivity contribution is 9.10. The van der Waals surface area contributed by atoms with Crippen LogP contribution < -0.4 is 0 Å². The van der Waals surface area contributed by atoms with Crippen LogP contribution in [0, 0.1) is 0 Å². The molecule has 0 amide bonds. The van der Waals surface area contributed by atoms with Crippen LogP contribution in [0.15, 0.2) is 57.4 Å². The van der Waals surface area contributed by atoms with Crippen molar-refractivity contribution in [3.63, 3.8) is 0 Å². The number of thiol groups is 1. The number of hydrogen-bond donors (Lipinski definition) is 2. The van der Waals surface area contributed by atoms with Gasteiger partial charge in [0.15, 0.2) is 11.0 Å². The summed E-state index contributed by atoms with van der Waals surface area (Å²) in [6.45, 7) is 0. The SMILES string of the molecule is O=C(O)C(S)c1nc(-c2ccc(Br)cc2)c(-c2ccc(Cl)cc2)o1. The molecule has 122 valence electrons. The summed E-state index contributed by atoms with van der Waals surface area (Å²) in [6, 6.07) is 14.6. The van der Waals surface area contributed by atoms with Gasteiger partial charge in [0.25, 0.3) is 0 Å². The van der Waals surface area contributed by atoms with Crippen LogP contribution in [-0.2, 0) is 4.79 Å². The molecule has 2 aromatic carbocycles. The number of benzene rings is 2. The first kappa shape index (κ1) is 17.1. The largest absolute Gasteiger partial charge is 0.480 e. The van der Waals surface area contributed by atoms with Gasteiger partial charge in [0.2, 0.25) is 5.89 Å². The quantitative estimate of drug-likeness (QED) is 0.544. The molecule has 0 aliphatic rings. The molecular formula is C17H11BrClNO3S. The number of halogens is 2. The molecule has 0 saturated carbocycles. The molecule has 1 aromatic heterocycles. The zero-order valence-corrected chi connectivity index (χ0v) is 15.3. The van der Waals surface area contributed by atoms with Gasteiger partial charge in [-0.1, -0.05) is 39.7 Å². The number of oxazole rings is 1. The Hall–Kier alpha value is -1.76. The van der Waals surface area contributed by atoms with E-state index in [1.165, 1.54) is 0 Å². The smallest absolute Gasteiger partial charge is 0.325 e. The minimum Gasteiger partial charge on any atom is -0.480 e. The highest BCUT2D eigenvalue weighted by Gasteiger charge is 2.25. The molecule has 1 atom stereocenters. The van der Waals surface area contributed by atoms with Gasteiger partial charge >= 0.3 is 5.97 Å². The second-order valence-corrected chi connectivity index (χ2v) is 6.85. The minimum atomic E-state index is -1.14. The zero-order valence-electron chi connectivity index (χ0n) is 12.1. The first-order valence-corrected chi connectivity index (χ1v) is 8.58. The highest BCUT2D eigenvalue weighted by Crippen LogP contribution is 2.36. The molecule has 0 fully saturated rings. The van der Waals surface area contributed by atoms with Gasteiger partial charge in [-0.2, -0.15) is 12.6 Å². The van der Waals surface area contributed by atoms with E-state index in [-0.39, 0.29) is 5.89 Å². The maximum absolute atomic E-state index is 11.2. The summed E-state index contributed by atoms with van der Waals surface area (Å²) in [5.41, 5.74) is 2.12. The first-order valence-electron chi connectivity index (χ1n) is 6.89. The third-order valence-electron chi connectivity index (χ3n) is 3.34. The van der Waals surface area contributed by atoms with Crippen molar-refractivity contribution in [2.24, 2.45) is 0 Å². The Morgan fingerprint density at radius 1 is 1.12 bits per heavy atom. The average molecular weight is 425 g/mol. The molecule has 1 N–H and O–H groups in total. The summed E-state index contributed by atoms with van der Waals surface area (Å²) >= 11 is 13.4. The summed E-state index contributed by atoms with van der Waals surface area (Å²) in [7, 11) is 0. The summed E-state index contributed by atoms with van der Waals surface area (Å²) in [4.78, 5) is 15.5. The lowest BCUT2D eigenvalue weighted by Crippen LogP contribution is -2.05. The van der Waals surface area contributed by atoms with E-state index in [9.17, 15) is 4.79 Å². The molecular weight excluding hydrogens is 414 g/mol. The lowest BCUT2D eigenvalue weighted by molar-refractivity contribution is -0.136. The summed E-state index contributed by atoms with van der Waals surface area (Å²) in [6.07, 6.45) is 0. The lowest BCUT2D eigenvalue weighted by Gasteiger charge is -2.02. The predicted molar refractivity (Wildman–Crippen MR) is 99.4 cm³/mol. The van der Waals surface area contributed by atoms with Crippen LogP contribution in [0.3, 0.4) is 0 Å². The number of nitrogens with zero attached hydrogens (tertiary/aromatic N) is 1. The van der Waals surface area contributed by atoms with Crippen molar-refractivity contribution >= 4 is 46.1 Å². The van der Waals surface area contributed by atoms with E-state index in [1.807, 2.05) is 24.3 Å². The van der Waals surface area contributed by atoms with Gasteiger partial charge < -0.3 is 9.52 Å². The maximum atomic E-state index is 11.2. The molecule has 1 unspecified atom stereocenters. The molecule has 24 heavy (non-hydrogen) atoms. The summed E-state index contributed by atoms with van der Waals surface area (Å²) in [5, 5.41) is 8.61. The molecule has 0 aliphatic heterocycles. The molecule has 0 radical (unpaired) electrons. The fraction of sp³-hybridized carbons (Fsp3) is 0.0588. The van der Waals surface area contributed by atoms with Crippen LogP contribution in [0.4, 0.5) is 0 Å². The van der Waals surface area contributed by atoms with E-state index >= 15 is 0 Å². The van der Waals surface area contributed by atoms with Gasteiger partial charge in [-0.15, -0.1) is 0 Å². The predicted octanol–water partition coefficient (Wildman–Crippen LogP) is 5.48. The van der Waals surface area contributed by atoms with E-state index in [1.54, 1.807) is 24.3 Å².